The molecule has 1 N–H and O–H groups in total. The summed E-state index contributed by atoms with van der Waals surface area (Å²) in [5.74, 6) is -0.127. The first-order chi connectivity index (χ1) is 7.75. The Morgan fingerprint density at radius 1 is 1.44 bits per heavy atom. The van der Waals surface area contributed by atoms with Crippen molar-refractivity contribution in [1.29, 1.82) is 0 Å². The highest BCUT2D eigenvalue weighted by molar-refractivity contribution is 5.92. The molecule has 5 heteroatoms. The topological polar surface area (TPSA) is 64.1 Å². The molecule has 86 valence electrons. The molecule has 0 aliphatic carbocycles. The second-order valence-corrected chi connectivity index (χ2v) is 3.90. The maximum Gasteiger partial charge on any atom is 0.270 e. The number of nitrogens with one attached hydrogen (secondary N) is 1. The fourth-order valence-electron chi connectivity index (χ4n) is 1.68. The van der Waals surface area contributed by atoms with Gasteiger partial charge in [0.25, 0.3) is 5.91 Å². The first-order valence-corrected chi connectivity index (χ1v) is 5.43. The van der Waals surface area contributed by atoms with Crippen molar-refractivity contribution in [2.75, 3.05) is 13.2 Å². The number of amides is 1. The quantitative estimate of drug-likeness (QED) is 0.798. The lowest BCUT2D eigenvalue weighted by Crippen LogP contribution is -2.39. The molecule has 5 nitrogen and oxygen atoms in total. The Morgan fingerprint density at radius 3 is 2.88 bits per heavy atom. The van der Waals surface area contributed by atoms with E-state index in [-0.39, 0.29) is 11.9 Å². The van der Waals surface area contributed by atoms with Gasteiger partial charge < -0.3 is 10.1 Å². The summed E-state index contributed by atoms with van der Waals surface area (Å²) in [5, 5.41) is 2.95. The number of carbonyl (C=O) groups excluding carboxylic acids is 1. The van der Waals surface area contributed by atoms with Crippen LogP contribution in [0.3, 0.4) is 0 Å². The number of aromatic nitrogens is 2. The highest BCUT2D eigenvalue weighted by atomic mass is 16.5. The smallest absolute Gasteiger partial charge is 0.270 e. The van der Waals surface area contributed by atoms with Gasteiger partial charge in [0.15, 0.2) is 0 Å². The highest BCUT2D eigenvalue weighted by Crippen LogP contribution is 2.07. The van der Waals surface area contributed by atoms with Crippen molar-refractivity contribution in [3.63, 3.8) is 0 Å². The van der Waals surface area contributed by atoms with E-state index >= 15 is 0 Å². The van der Waals surface area contributed by atoms with Crippen LogP contribution in [0.1, 0.15) is 29.0 Å². The summed E-state index contributed by atoms with van der Waals surface area (Å²) in [6, 6.07) is 1.89. The van der Waals surface area contributed by atoms with Crippen molar-refractivity contribution in [2.45, 2.75) is 25.8 Å². The molecule has 0 spiro atoms. The molecule has 1 aliphatic rings. The van der Waals surface area contributed by atoms with E-state index < -0.39 is 0 Å². The Kier molecular flexibility index (Phi) is 3.46. The molecule has 0 atom stereocenters. The monoisotopic (exact) mass is 221 g/mol. The second-order valence-electron chi connectivity index (χ2n) is 3.90. The van der Waals surface area contributed by atoms with Gasteiger partial charge in [0.1, 0.15) is 12.0 Å². The van der Waals surface area contributed by atoms with Crippen molar-refractivity contribution in [3.8, 4) is 0 Å². The summed E-state index contributed by atoms with van der Waals surface area (Å²) in [4.78, 5) is 19.7. The van der Waals surface area contributed by atoms with Gasteiger partial charge in [-0.3, -0.25) is 4.79 Å². The minimum atomic E-state index is -0.127. The predicted molar refractivity (Wildman–Crippen MR) is 58.1 cm³/mol. The van der Waals surface area contributed by atoms with E-state index in [4.69, 9.17) is 4.74 Å². The van der Waals surface area contributed by atoms with Crippen molar-refractivity contribution < 1.29 is 9.53 Å². The lowest BCUT2D eigenvalue weighted by molar-refractivity contribution is 0.0694. The van der Waals surface area contributed by atoms with Gasteiger partial charge in [-0.15, -0.1) is 0 Å². The van der Waals surface area contributed by atoms with Crippen molar-refractivity contribution in [3.05, 3.63) is 23.8 Å². The van der Waals surface area contributed by atoms with Crippen LogP contribution in [0.2, 0.25) is 0 Å². The molecule has 1 aliphatic heterocycles. The molecule has 1 amide bonds. The van der Waals surface area contributed by atoms with E-state index in [1.165, 1.54) is 6.33 Å². The molecular formula is C11H15N3O2. The zero-order valence-corrected chi connectivity index (χ0v) is 9.27. The minimum Gasteiger partial charge on any atom is -0.381 e. The molecule has 0 aromatic carbocycles. The number of aryl methyl sites for hydroxylation is 1. The molecule has 2 heterocycles. The molecular weight excluding hydrogens is 206 g/mol. The number of rotatable bonds is 2. The van der Waals surface area contributed by atoms with Gasteiger partial charge in [-0.25, -0.2) is 9.97 Å². The molecule has 16 heavy (non-hydrogen) atoms. The third-order valence-electron chi connectivity index (χ3n) is 2.59. The summed E-state index contributed by atoms with van der Waals surface area (Å²) in [5.41, 5.74) is 1.23. The molecule has 0 bridgehead atoms. The fraction of sp³-hybridized carbons (Fsp3) is 0.545. The zero-order valence-electron chi connectivity index (χ0n) is 9.27. The summed E-state index contributed by atoms with van der Waals surface area (Å²) in [7, 11) is 0. The SMILES string of the molecule is Cc1cc(C(=O)NC2CCOCC2)ncn1. The van der Waals surface area contributed by atoms with Gasteiger partial charge in [-0.2, -0.15) is 0 Å². The summed E-state index contributed by atoms with van der Waals surface area (Å²) in [6.45, 7) is 3.27. The fourth-order valence-corrected chi connectivity index (χ4v) is 1.68. The zero-order chi connectivity index (χ0) is 11.4. The van der Waals surface area contributed by atoms with Crippen LogP contribution in [-0.2, 0) is 4.74 Å². The van der Waals surface area contributed by atoms with E-state index in [2.05, 4.69) is 15.3 Å². The Balaban J connectivity index is 1.97. The molecule has 1 aromatic rings. The summed E-state index contributed by atoms with van der Waals surface area (Å²) < 4.78 is 5.23. The average Bonchev–Trinajstić information content (AvgIpc) is 2.30. The molecule has 0 unspecified atom stereocenters. The van der Waals surface area contributed by atoms with E-state index in [1.807, 2.05) is 6.92 Å². The second kappa shape index (κ2) is 5.03. The number of nitrogens with zero attached hydrogens (tertiary/aromatic N) is 2. The molecule has 1 fully saturated rings. The van der Waals surface area contributed by atoms with E-state index in [0.717, 1.165) is 18.5 Å². The number of hydrogen-bond acceptors (Lipinski definition) is 4. The van der Waals surface area contributed by atoms with Gasteiger partial charge >= 0.3 is 0 Å². The van der Waals surface area contributed by atoms with Crippen molar-refractivity contribution in [1.82, 2.24) is 15.3 Å². The minimum absolute atomic E-state index is 0.127. The van der Waals surface area contributed by atoms with E-state index in [1.54, 1.807) is 6.07 Å². The highest BCUT2D eigenvalue weighted by Gasteiger charge is 2.17. The van der Waals surface area contributed by atoms with Crippen molar-refractivity contribution >= 4 is 5.91 Å². The van der Waals surface area contributed by atoms with Crippen LogP contribution in [0, 0.1) is 6.92 Å². The Hall–Kier alpha value is -1.49. The van der Waals surface area contributed by atoms with Crippen LogP contribution in [0.25, 0.3) is 0 Å². The summed E-state index contributed by atoms with van der Waals surface area (Å²) in [6.07, 6.45) is 3.15. The van der Waals surface area contributed by atoms with Crippen molar-refractivity contribution in [2.24, 2.45) is 0 Å². The number of ether oxygens (including phenoxy) is 1. The van der Waals surface area contributed by atoms with Gasteiger partial charge in [0, 0.05) is 24.9 Å². The molecule has 2 rings (SSSR count). The third-order valence-corrected chi connectivity index (χ3v) is 2.59. The van der Waals surface area contributed by atoms with Crippen LogP contribution in [-0.4, -0.2) is 35.1 Å². The van der Waals surface area contributed by atoms with Gasteiger partial charge in [-0.1, -0.05) is 0 Å². The molecule has 1 saturated heterocycles. The summed E-state index contributed by atoms with van der Waals surface area (Å²) >= 11 is 0. The molecule has 1 aromatic heterocycles. The van der Waals surface area contributed by atoms with Crippen LogP contribution < -0.4 is 5.32 Å². The normalized spacial score (nSPS) is 17.1. The predicted octanol–water partition coefficient (Wildman–Crippen LogP) is 0.694. The average molecular weight is 221 g/mol. The Labute approximate surface area is 94.2 Å². The van der Waals surface area contributed by atoms with Crippen LogP contribution in [0.4, 0.5) is 0 Å². The van der Waals surface area contributed by atoms with Crippen LogP contribution in [0.15, 0.2) is 12.4 Å². The number of hydrogen-bond donors (Lipinski definition) is 1. The standard InChI is InChI=1S/C11H15N3O2/c1-8-6-10(13-7-12-8)11(15)14-9-2-4-16-5-3-9/h6-7,9H,2-5H2,1H3,(H,14,15). The van der Waals surface area contributed by atoms with Gasteiger partial charge in [0.2, 0.25) is 0 Å². The lowest BCUT2D eigenvalue weighted by Gasteiger charge is -2.22. The molecule has 0 saturated carbocycles. The number of carbonyl (C=O) groups is 1. The molecule has 0 radical (unpaired) electrons. The van der Waals surface area contributed by atoms with Gasteiger partial charge in [-0.05, 0) is 25.8 Å². The maximum atomic E-state index is 11.8. The van der Waals surface area contributed by atoms with Crippen LogP contribution >= 0.6 is 0 Å². The van der Waals surface area contributed by atoms with Crippen LogP contribution in [0.5, 0.6) is 0 Å². The largest absolute Gasteiger partial charge is 0.381 e. The Morgan fingerprint density at radius 2 is 2.19 bits per heavy atom. The lowest BCUT2D eigenvalue weighted by atomic mass is 10.1. The third kappa shape index (κ3) is 2.76. The van der Waals surface area contributed by atoms with E-state index in [0.29, 0.717) is 18.9 Å². The first-order valence-electron chi connectivity index (χ1n) is 5.43. The Bertz CT molecular complexity index is 375. The maximum absolute atomic E-state index is 11.8. The van der Waals surface area contributed by atoms with Gasteiger partial charge in [0.05, 0.1) is 0 Å². The van der Waals surface area contributed by atoms with E-state index in [9.17, 15) is 4.79 Å². The first kappa shape index (κ1) is 11.0.